The molecule has 1 aliphatic carbocycles. The van der Waals surface area contributed by atoms with Crippen molar-refractivity contribution in [2.75, 3.05) is 5.32 Å². The van der Waals surface area contributed by atoms with Crippen LogP contribution in [-0.2, 0) is 0 Å². The fraction of sp³-hybridized carbons (Fsp3) is 0.438. The van der Waals surface area contributed by atoms with Crippen LogP contribution in [0.5, 0.6) is 0 Å². The summed E-state index contributed by atoms with van der Waals surface area (Å²) in [5.41, 5.74) is 2.36. The van der Waals surface area contributed by atoms with Gasteiger partial charge < -0.3 is 9.88 Å². The number of rotatable bonds is 4. The highest BCUT2D eigenvalue weighted by Crippen LogP contribution is 2.35. The van der Waals surface area contributed by atoms with Crippen LogP contribution in [-0.4, -0.2) is 15.6 Å². The number of imidazole rings is 1. The molecule has 0 unspecified atom stereocenters. The largest absolute Gasteiger partial charge is 0.382 e. The minimum Gasteiger partial charge on any atom is -0.382 e. The second kappa shape index (κ2) is 5.08. The Hall–Kier alpha value is -1.77. The number of benzene rings is 1. The molecule has 0 atom stereocenters. The third kappa shape index (κ3) is 2.65. The molecule has 1 heterocycles. The average molecular weight is 255 g/mol. The summed E-state index contributed by atoms with van der Waals surface area (Å²) in [7, 11) is 0. The van der Waals surface area contributed by atoms with Gasteiger partial charge in [-0.05, 0) is 42.9 Å². The first kappa shape index (κ1) is 12.3. The molecular weight excluding hydrogens is 234 g/mol. The van der Waals surface area contributed by atoms with Gasteiger partial charge in [-0.1, -0.05) is 19.9 Å². The average Bonchev–Trinajstić information content (AvgIpc) is 2.87. The molecular formula is C16H21N3. The predicted molar refractivity (Wildman–Crippen MR) is 78.5 cm³/mol. The van der Waals surface area contributed by atoms with Gasteiger partial charge in [0.1, 0.15) is 0 Å². The first-order valence-electron chi connectivity index (χ1n) is 7.07. The quantitative estimate of drug-likeness (QED) is 0.902. The molecule has 3 heteroatoms. The van der Waals surface area contributed by atoms with Crippen LogP contribution in [0.25, 0.3) is 5.69 Å². The summed E-state index contributed by atoms with van der Waals surface area (Å²) in [5, 5.41) is 3.63. The Bertz CT molecular complexity index is 525. The SMILES string of the molecule is CC(C)C1CC(Nc2cccc(-n3ccnc3)c2)C1. The second-order valence-corrected chi connectivity index (χ2v) is 5.84. The van der Waals surface area contributed by atoms with Gasteiger partial charge in [0, 0.05) is 29.8 Å². The maximum atomic E-state index is 4.09. The number of anilines is 1. The Morgan fingerprint density at radius 2 is 2.16 bits per heavy atom. The zero-order valence-corrected chi connectivity index (χ0v) is 11.6. The van der Waals surface area contributed by atoms with Crippen LogP contribution in [0.2, 0.25) is 0 Å². The molecule has 1 aromatic heterocycles. The summed E-state index contributed by atoms with van der Waals surface area (Å²) in [4.78, 5) is 4.09. The minimum atomic E-state index is 0.644. The summed E-state index contributed by atoms with van der Waals surface area (Å²) < 4.78 is 2.03. The van der Waals surface area contributed by atoms with Gasteiger partial charge >= 0.3 is 0 Å². The molecule has 0 saturated heterocycles. The topological polar surface area (TPSA) is 29.9 Å². The maximum absolute atomic E-state index is 4.09. The van der Waals surface area contributed by atoms with Gasteiger partial charge in [0.2, 0.25) is 0 Å². The van der Waals surface area contributed by atoms with Crippen molar-refractivity contribution in [1.29, 1.82) is 0 Å². The van der Waals surface area contributed by atoms with Crippen molar-refractivity contribution < 1.29 is 0 Å². The van der Waals surface area contributed by atoms with Crippen LogP contribution in [0.1, 0.15) is 26.7 Å². The van der Waals surface area contributed by atoms with Gasteiger partial charge in [-0.2, -0.15) is 0 Å². The number of aromatic nitrogens is 2. The number of nitrogens with one attached hydrogen (secondary N) is 1. The number of hydrogen-bond donors (Lipinski definition) is 1. The third-order valence-corrected chi connectivity index (χ3v) is 4.14. The lowest BCUT2D eigenvalue weighted by atomic mass is 9.73. The highest BCUT2D eigenvalue weighted by molar-refractivity contribution is 5.52. The highest BCUT2D eigenvalue weighted by Gasteiger charge is 2.30. The smallest absolute Gasteiger partial charge is 0.0991 e. The van der Waals surface area contributed by atoms with E-state index < -0.39 is 0 Å². The Morgan fingerprint density at radius 3 is 2.84 bits per heavy atom. The van der Waals surface area contributed by atoms with E-state index in [-0.39, 0.29) is 0 Å². The van der Waals surface area contributed by atoms with Crippen LogP contribution in [0.3, 0.4) is 0 Å². The molecule has 0 spiro atoms. The van der Waals surface area contributed by atoms with Gasteiger partial charge in [-0.15, -0.1) is 0 Å². The summed E-state index contributed by atoms with van der Waals surface area (Å²) in [5.74, 6) is 1.71. The van der Waals surface area contributed by atoms with E-state index in [1.54, 1.807) is 6.20 Å². The van der Waals surface area contributed by atoms with E-state index in [0.29, 0.717) is 6.04 Å². The minimum absolute atomic E-state index is 0.644. The molecule has 2 aromatic rings. The van der Waals surface area contributed by atoms with E-state index >= 15 is 0 Å². The molecule has 1 fully saturated rings. The Balaban J connectivity index is 1.65. The van der Waals surface area contributed by atoms with E-state index in [2.05, 4.69) is 48.4 Å². The van der Waals surface area contributed by atoms with E-state index in [0.717, 1.165) is 17.5 Å². The zero-order valence-electron chi connectivity index (χ0n) is 11.6. The summed E-state index contributed by atoms with van der Waals surface area (Å²) >= 11 is 0. The lowest BCUT2D eigenvalue weighted by Gasteiger charge is -2.39. The van der Waals surface area contributed by atoms with Crippen LogP contribution in [0, 0.1) is 11.8 Å². The molecule has 1 aliphatic rings. The highest BCUT2D eigenvalue weighted by atomic mass is 15.0. The van der Waals surface area contributed by atoms with Crippen molar-refractivity contribution in [3.8, 4) is 5.69 Å². The van der Waals surface area contributed by atoms with Gasteiger partial charge in [0.15, 0.2) is 0 Å². The standard InChI is InChI=1S/C16H21N3/c1-12(2)13-8-15(9-13)18-14-4-3-5-16(10-14)19-7-6-17-11-19/h3-7,10-13,15,18H,8-9H2,1-2H3. The summed E-state index contributed by atoms with van der Waals surface area (Å²) in [6, 6.07) is 9.17. The van der Waals surface area contributed by atoms with Gasteiger partial charge in [0.25, 0.3) is 0 Å². The van der Waals surface area contributed by atoms with Gasteiger partial charge in [0.05, 0.1) is 6.33 Å². The molecule has 100 valence electrons. The van der Waals surface area contributed by atoms with Gasteiger partial charge in [-0.25, -0.2) is 4.98 Å². The van der Waals surface area contributed by atoms with Gasteiger partial charge in [-0.3, -0.25) is 0 Å². The Labute approximate surface area is 114 Å². The fourth-order valence-electron chi connectivity index (χ4n) is 2.73. The number of hydrogen-bond acceptors (Lipinski definition) is 2. The molecule has 0 radical (unpaired) electrons. The predicted octanol–water partition coefficient (Wildman–Crippen LogP) is 3.72. The lowest BCUT2D eigenvalue weighted by Crippen LogP contribution is -2.37. The van der Waals surface area contributed by atoms with E-state index in [4.69, 9.17) is 0 Å². The fourth-order valence-corrected chi connectivity index (χ4v) is 2.73. The molecule has 3 rings (SSSR count). The van der Waals surface area contributed by atoms with Crippen molar-refractivity contribution >= 4 is 5.69 Å². The van der Waals surface area contributed by atoms with E-state index in [9.17, 15) is 0 Å². The van der Waals surface area contributed by atoms with Crippen molar-refractivity contribution in [3.63, 3.8) is 0 Å². The van der Waals surface area contributed by atoms with E-state index in [1.807, 2.05) is 17.1 Å². The molecule has 0 aliphatic heterocycles. The molecule has 1 N–H and O–H groups in total. The third-order valence-electron chi connectivity index (χ3n) is 4.14. The van der Waals surface area contributed by atoms with Crippen LogP contribution < -0.4 is 5.32 Å². The maximum Gasteiger partial charge on any atom is 0.0991 e. The molecule has 19 heavy (non-hydrogen) atoms. The molecule has 0 amide bonds. The van der Waals surface area contributed by atoms with Crippen molar-refractivity contribution in [1.82, 2.24) is 9.55 Å². The van der Waals surface area contributed by atoms with Crippen molar-refractivity contribution in [2.45, 2.75) is 32.7 Å². The monoisotopic (exact) mass is 255 g/mol. The van der Waals surface area contributed by atoms with Crippen molar-refractivity contribution in [2.24, 2.45) is 11.8 Å². The Morgan fingerprint density at radius 1 is 1.32 bits per heavy atom. The first-order chi connectivity index (χ1) is 9.22. The Kier molecular flexibility index (Phi) is 3.28. The van der Waals surface area contributed by atoms with E-state index in [1.165, 1.54) is 18.5 Å². The second-order valence-electron chi connectivity index (χ2n) is 5.84. The summed E-state index contributed by atoms with van der Waals surface area (Å²) in [6.07, 6.45) is 8.20. The van der Waals surface area contributed by atoms with Crippen molar-refractivity contribution in [3.05, 3.63) is 43.0 Å². The molecule has 1 aromatic carbocycles. The molecule has 3 nitrogen and oxygen atoms in total. The normalized spacial score (nSPS) is 22.3. The first-order valence-corrected chi connectivity index (χ1v) is 7.07. The summed E-state index contributed by atoms with van der Waals surface area (Å²) in [6.45, 7) is 4.64. The molecule has 0 bridgehead atoms. The van der Waals surface area contributed by atoms with Crippen LogP contribution >= 0.6 is 0 Å². The number of nitrogens with zero attached hydrogens (tertiary/aromatic N) is 2. The zero-order chi connectivity index (χ0) is 13.2. The van der Waals surface area contributed by atoms with Crippen LogP contribution in [0.15, 0.2) is 43.0 Å². The van der Waals surface area contributed by atoms with Crippen LogP contribution in [0.4, 0.5) is 5.69 Å². The molecule has 1 saturated carbocycles. The lowest BCUT2D eigenvalue weighted by molar-refractivity contribution is 0.212.